The summed E-state index contributed by atoms with van der Waals surface area (Å²) >= 11 is 0. The van der Waals surface area contributed by atoms with Crippen molar-refractivity contribution in [1.82, 2.24) is 9.97 Å². The van der Waals surface area contributed by atoms with Crippen molar-refractivity contribution < 1.29 is 0 Å². The minimum atomic E-state index is -0.0714. The van der Waals surface area contributed by atoms with Crippen molar-refractivity contribution in [2.45, 2.75) is 39.5 Å². The third kappa shape index (κ3) is 3.55. The number of aromatic amines is 2. The molecule has 0 fully saturated rings. The second-order valence-corrected chi connectivity index (χ2v) is 8.41. The molecular formula is C26H28N2. The highest BCUT2D eigenvalue weighted by Gasteiger charge is 2.21. The van der Waals surface area contributed by atoms with Crippen LogP contribution in [-0.2, 0) is 11.8 Å². The first-order valence-corrected chi connectivity index (χ1v) is 9.93. The number of nitrogens with one attached hydrogen (secondary N) is 2. The highest BCUT2D eigenvalue weighted by molar-refractivity contribution is 5.88. The lowest BCUT2D eigenvalue weighted by Gasteiger charge is -2.20. The van der Waals surface area contributed by atoms with Gasteiger partial charge in [0.2, 0.25) is 0 Å². The third-order valence-electron chi connectivity index (χ3n) is 5.50. The molecule has 0 saturated carbocycles. The Bertz CT molecular complexity index is 1180. The number of H-pyrrole nitrogens is 2. The summed E-state index contributed by atoms with van der Waals surface area (Å²) in [4.78, 5) is 6.83. The van der Waals surface area contributed by atoms with Gasteiger partial charge in [0, 0.05) is 34.2 Å². The molecule has 0 amide bonds. The maximum absolute atomic E-state index is 3.54. The molecule has 0 unspecified atom stereocenters. The number of para-hydroxylation sites is 1. The van der Waals surface area contributed by atoms with Crippen molar-refractivity contribution in [2.75, 3.05) is 0 Å². The lowest BCUT2D eigenvalue weighted by molar-refractivity contribution is 0.680. The summed E-state index contributed by atoms with van der Waals surface area (Å²) in [5.41, 5.74) is 7.61. The van der Waals surface area contributed by atoms with Crippen LogP contribution < -0.4 is 0 Å². The summed E-state index contributed by atoms with van der Waals surface area (Å²) in [5, 5.41) is 2.56. The first-order chi connectivity index (χ1) is 13.4. The molecule has 2 aromatic heterocycles. The monoisotopic (exact) mass is 368 g/mol. The number of hydrogen-bond donors (Lipinski definition) is 2. The van der Waals surface area contributed by atoms with Crippen LogP contribution in [0.4, 0.5) is 0 Å². The molecule has 142 valence electrons. The summed E-state index contributed by atoms with van der Waals surface area (Å²) in [7, 11) is 0. The van der Waals surface area contributed by atoms with Gasteiger partial charge in [-0.2, -0.15) is 0 Å². The zero-order chi connectivity index (χ0) is 19.7. The van der Waals surface area contributed by atoms with E-state index in [1.807, 2.05) is 6.20 Å². The smallest absolute Gasteiger partial charge is 0.0492 e. The van der Waals surface area contributed by atoms with Gasteiger partial charge in [-0.05, 0) is 54.5 Å². The second kappa shape index (κ2) is 7.20. The maximum Gasteiger partial charge on any atom is 0.0492 e. The molecule has 0 aliphatic carbocycles. The average Bonchev–Trinajstić information content (AvgIpc) is 3.31. The Morgan fingerprint density at radius 1 is 1.04 bits per heavy atom. The van der Waals surface area contributed by atoms with E-state index in [1.54, 1.807) is 0 Å². The molecule has 0 bridgehead atoms. The first-order valence-electron chi connectivity index (χ1n) is 9.93. The predicted molar refractivity (Wildman–Crippen MR) is 122 cm³/mol. The Labute approximate surface area is 167 Å². The third-order valence-corrected chi connectivity index (χ3v) is 5.50. The quantitative estimate of drug-likeness (QED) is 0.351. The van der Waals surface area contributed by atoms with Crippen LogP contribution in [0.1, 0.15) is 44.4 Å². The number of benzene rings is 2. The lowest BCUT2D eigenvalue weighted by atomic mass is 9.83. The molecular weight excluding hydrogens is 340 g/mol. The van der Waals surface area contributed by atoms with E-state index in [4.69, 9.17) is 0 Å². The maximum atomic E-state index is 3.54. The average molecular weight is 369 g/mol. The number of rotatable bonds is 5. The topological polar surface area (TPSA) is 31.6 Å². The number of hydrogen-bond acceptors (Lipinski definition) is 0. The molecule has 2 nitrogen and oxygen atoms in total. The van der Waals surface area contributed by atoms with Crippen molar-refractivity contribution in [3.05, 3.63) is 89.3 Å². The molecule has 0 aliphatic rings. The lowest BCUT2D eigenvalue weighted by Crippen LogP contribution is -2.12. The molecule has 2 heteroatoms. The van der Waals surface area contributed by atoms with Gasteiger partial charge in [0.05, 0.1) is 0 Å². The Balaban J connectivity index is 1.67. The molecule has 2 heterocycles. The van der Waals surface area contributed by atoms with Crippen LogP contribution >= 0.6 is 0 Å². The van der Waals surface area contributed by atoms with Crippen molar-refractivity contribution in [2.24, 2.45) is 0 Å². The Morgan fingerprint density at radius 2 is 1.89 bits per heavy atom. The summed E-state index contributed by atoms with van der Waals surface area (Å²) < 4.78 is 0. The van der Waals surface area contributed by atoms with Crippen molar-refractivity contribution in [1.29, 1.82) is 0 Å². The summed E-state index contributed by atoms with van der Waals surface area (Å²) in [6, 6.07) is 15.3. The van der Waals surface area contributed by atoms with Gasteiger partial charge in [0.1, 0.15) is 0 Å². The Kier molecular flexibility index (Phi) is 4.72. The van der Waals surface area contributed by atoms with E-state index in [0.717, 1.165) is 6.42 Å². The largest absolute Gasteiger partial charge is 0.361 e. The molecule has 4 aromatic rings. The number of aromatic nitrogens is 2. The number of allylic oxidation sites excluding steroid dienone is 3. The molecule has 0 atom stereocenters. The standard InChI is InChI=1S/C26H28N2/c1-18(2)8-10-21-6-5-7-22-23(17-28-25(21)22)26(3,4)14-12-19-9-11-20-13-15-27-24(20)16-19/h5-9,11-17,27-28H,10H2,1-4H3. The van der Waals surface area contributed by atoms with Crippen LogP contribution in [0.15, 0.2) is 72.6 Å². The van der Waals surface area contributed by atoms with Crippen LogP contribution in [0.25, 0.3) is 27.9 Å². The van der Waals surface area contributed by atoms with Gasteiger partial charge in [-0.1, -0.05) is 68.0 Å². The zero-order valence-corrected chi connectivity index (χ0v) is 17.1. The van der Waals surface area contributed by atoms with Gasteiger partial charge in [-0.25, -0.2) is 0 Å². The molecule has 4 rings (SSSR count). The van der Waals surface area contributed by atoms with Crippen molar-refractivity contribution in [3.8, 4) is 0 Å². The molecule has 0 radical (unpaired) electrons. The molecule has 2 N–H and O–H groups in total. The van der Waals surface area contributed by atoms with E-state index in [0.29, 0.717) is 0 Å². The molecule has 0 saturated heterocycles. The van der Waals surface area contributed by atoms with E-state index in [-0.39, 0.29) is 5.41 Å². The fraction of sp³-hybridized carbons (Fsp3) is 0.231. The Hall–Kier alpha value is -3.00. The Morgan fingerprint density at radius 3 is 2.71 bits per heavy atom. The van der Waals surface area contributed by atoms with E-state index in [9.17, 15) is 0 Å². The predicted octanol–water partition coefficient (Wildman–Crippen LogP) is 7.15. The second-order valence-electron chi connectivity index (χ2n) is 8.41. The van der Waals surface area contributed by atoms with Crippen LogP contribution in [-0.4, -0.2) is 9.97 Å². The number of fused-ring (bicyclic) bond motifs is 2. The summed E-state index contributed by atoms with van der Waals surface area (Å²) in [5.74, 6) is 0. The zero-order valence-electron chi connectivity index (χ0n) is 17.1. The van der Waals surface area contributed by atoms with Crippen molar-refractivity contribution in [3.63, 3.8) is 0 Å². The van der Waals surface area contributed by atoms with Crippen LogP contribution in [0.3, 0.4) is 0 Å². The highest BCUT2D eigenvalue weighted by Crippen LogP contribution is 2.33. The van der Waals surface area contributed by atoms with Crippen LogP contribution in [0, 0.1) is 0 Å². The highest BCUT2D eigenvalue weighted by atomic mass is 14.7. The van der Waals surface area contributed by atoms with Gasteiger partial charge in [-0.15, -0.1) is 0 Å². The van der Waals surface area contributed by atoms with Gasteiger partial charge in [-0.3, -0.25) is 0 Å². The SMILES string of the molecule is CC(C)=CCc1cccc2c(C(C)(C)C=Cc3ccc4cc[nH]c4c3)c[nH]c12. The van der Waals surface area contributed by atoms with E-state index in [1.165, 1.54) is 44.1 Å². The van der Waals surface area contributed by atoms with E-state index in [2.05, 4.69) is 105 Å². The molecule has 0 spiro atoms. The fourth-order valence-corrected chi connectivity index (χ4v) is 3.80. The minimum absolute atomic E-state index is 0.0714. The van der Waals surface area contributed by atoms with Gasteiger partial charge in [0.25, 0.3) is 0 Å². The van der Waals surface area contributed by atoms with Crippen molar-refractivity contribution >= 4 is 27.9 Å². The van der Waals surface area contributed by atoms with Gasteiger partial charge in [0.15, 0.2) is 0 Å². The fourth-order valence-electron chi connectivity index (χ4n) is 3.80. The van der Waals surface area contributed by atoms with Crippen LogP contribution in [0.2, 0.25) is 0 Å². The summed E-state index contributed by atoms with van der Waals surface area (Å²) in [6.45, 7) is 8.86. The summed E-state index contributed by atoms with van der Waals surface area (Å²) in [6.07, 6.45) is 12.0. The minimum Gasteiger partial charge on any atom is -0.361 e. The van der Waals surface area contributed by atoms with Crippen LogP contribution in [0.5, 0.6) is 0 Å². The van der Waals surface area contributed by atoms with Gasteiger partial charge < -0.3 is 9.97 Å². The molecule has 2 aromatic carbocycles. The molecule has 0 aliphatic heterocycles. The van der Waals surface area contributed by atoms with E-state index >= 15 is 0 Å². The van der Waals surface area contributed by atoms with Gasteiger partial charge >= 0.3 is 0 Å². The molecule has 28 heavy (non-hydrogen) atoms. The first kappa shape index (κ1) is 18.4. The normalized spacial score (nSPS) is 12.3. The van der Waals surface area contributed by atoms with E-state index < -0.39 is 0 Å².